The van der Waals surface area contributed by atoms with E-state index in [0.717, 1.165) is 35.9 Å². The Balaban J connectivity index is 1.69. The molecule has 0 bridgehead atoms. The molecule has 1 saturated heterocycles. The molecule has 1 fully saturated rings. The summed E-state index contributed by atoms with van der Waals surface area (Å²) in [5.41, 5.74) is 1.84. The van der Waals surface area contributed by atoms with Gasteiger partial charge in [0.2, 0.25) is 0 Å². The number of aryl methyl sites for hydroxylation is 1. The predicted octanol–water partition coefficient (Wildman–Crippen LogP) is 1.50. The van der Waals surface area contributed by atoms with Gasteiger partial charge in [0.25, 0.3) is 0 Å². The quantitative estimate of drug-likeness (QED) is 0.577. The summed E-state index contributed by atoms with van der Waals surface area (Å²) in [7, 11) is 3.51. The number of aliphatic hydroxyl groups excluding tert-OH is 1. The fraction of sp³-hybridized carbons (Fsp3) is 0.500. The molecule has 1 aliphatic heterocycles. The molecular formula is C20H29N5O3. The summed E-state index contributed by atoms with van der Waals surface area (Å²) in [5, 5.41) is 18.1. The molecule has 0 amide bonds. The number of morpholine rings is 1. The molecule has 2 aromatic rings. The highest BCUT2D eigenvalue weighted by Gasteiger charge is 2.25. The highest BCUT2D eigenvalue weighted by Crippen LogP contribution is 2.22. The number of guanidine groups is 1. The number of methoxy groups -OCH3 is 1. The summed E-state index contributed by atoms with van der Waals surface area (Å²) in [4.78, 5) is 6.84. The van der Waals surface area contributed by atoms with Crippen LogP contribution >= 0.6 is 0 Å². The van der Waals surface area contributed by atoms with Crippen molar-refractivity contribution >= 4 is 5.96 Å². The van der Waals surface area contributed by atoms with Gasteiger partial charge in [0.05, 0.1) is 39.1 Å². The number of ether oxygens (including phenoxy) is 2. The van der Waals surface area contributed by atoms with Crippen molar-refractivity contribution in [2.24, 2.45) is 12.0 Å². The van der Waals surface area contributed by atoms with E-state index in [1.165, 1.54) is 0 Å². The van der Waals surface area contributed by atoms with Crippen molar-refractivity contribution in [2.45, 2.75) is 19.1 Å². The van der Waals surface area contributed by atoms with Gasteiger partial charge in [-0.25, -0.2) is 0 Å². The molecule has 3 rings (SSSR count). The van der Waals surface area contributed by atoms with E-state index in [9.17, 15) is 5.11 Å². The minimum Gasteiger partial charge on any atom is -0.497 e. The number of aromatic nitrogens is 2. The highest BCUT2D eigenvalue weighted by atomic mass is 16.5. The number of hydrogen-bond donors (Lipinski definition) is 2. The molecule has 0 radical (unpaired) electrons. The van der Waals surface area contributed by atoms with E-state index in [0.29, 0.717) is 13.2 Å². The fourth-order valence-corrected chi connectivity index (χ4v) is 3.20. The molecule has 1 aromatic heterocycles. The van der Waals surface area contributed by atoms with Crippen molar-refractivity contribution in [1.29, 1.82) is 0 Å². The van der Waals surface area contributed by atoms with Crippen molar-refractivity contribution in [3.8, 4) is 5.75 Å². The van der Waals surface area contributed by atoms with Crippen molar-refractivity contribution in [3.05, 3.63) is 47.8 Å². The van der Waals surface area contributed by atoms with Crippen LogP contribution in [0.2, 0.25) is 0 Å². The number of benzene rings is 1. The van der Waals surface area contributed by atoms with Crippen LogP contribution in [0.15, 0.2) is 41.7 Å². The summed E-state index contributed by atoms with van der Waals surface area (Å²) >= 11 is 0. The Kier molecular flexibility index (Phi) is 6.89. The third-order valence-electron chi connectivity index (χ3n) is 4.69. The van der Waals surface area contributed by atoms with Crippen LogP contribution in [0, 0.1) is 0 Å². The van der Waals surface area contributed by atoms with Crippen molar-refractivity contribution in [3.63, 3.8) is 0 Å². The number of nitrogens with one attached hydrogen (secondary N) is 1. The minimum atomic E-state index is -0.695. The molecule has 0 saturated carbocycles. The standard InChI is InChI=1S/C20H29N5O3/c1-4-21-20(22-12-18(26)15-6-5-7-17(10-15)27-3)25-8-9-28-19(14-25)16-11-23-24(2)13-16/h5-7,10-11,13,18-19,26H,4,8-9,12,14H2,1-3H3,(H,21,22). The lowest BCUT2D eigenvalue weighted by Crippen LogP contribution is -2.48. The van der Waals surface area contributed by atoms with Gasteiger partial charge < -0.3 is 24.8 Å². The Hall–Kier alpha value is -2.58. The maximum atomic E-state index is 10.5. The zero-order chi connectivity index (χ0) is 19.9. The van der Waals surface area contributed by atoms with Gasteiger partial charge in [0, 0.05) is 31.9 Å². The van der Waals surface area contributed by atoms with Crippen LogP contribution in [0.3, 0.4) is 0 Å². The van der Waals surface area contributed by atoms with Crippen LogP contribution in [0.4, 0.5) is 0 Å². The van der Waals surface area contributed by atoms with Crippen LogP contribution in [-0.4, -0.2) is 65.6 Å². The van der Waals surface area contributed by atoms with Gasteiger partial charge in [-0.2, -0.15) is 5.10 Å². The molecule has 8 nitrogen and oxygen atoms in total. The number of aliphatic hydroxyl groups is 1. The molecule has 2 atom stereocenters. The Morgan fingerprint density at radius 2 is 2.36 bits per heavy atom. The lowest BCUT2D eigenvalue weighted by atomic mass is 10.1. The van der Waals surface area contributed by atoms with E-state index < -0.39 is 6.10 Å². The van der Waals surface area contributed by atoms with Crippen LogP contribution in [-0.2, 0) is 11.8 Å². The number of nitrogens with zero attached hydrogens (tertiary/aromatic N) is 4. The van der Waals surface area contributed by atoms with Gasteiger partial charge in [-0.15, -0.1) is 0 Å². The molecule has 8 heteroatoms. The summed E-state index contributed by atoms with van der Waals surface area (Å²) in [6.07, 6.45) is 3.07. The Labute approximate surface area is 165 Å². The van der Waals surface area contributed by atoms with Gasteiger partial charge in [-0.05, 0) is 24.6 Å². The first-order chi connectivity index (χ1) is 13.6. The summed E-state index contributed by atoms with van der Waals surface area (Å²) < 4.78 is 12.9. The number of hydrogen-bond acceptors (Lipinski definition) is 5. The SMILES string of the molecule is CCNC(=NCC(O)c1cccc(OC)c1)N1CCOC(c2cnn(C)c2)C1. The Bertz CT molecular complexity index is 792. The predicted molar refractivity (Wildman–Crippen MR) is 107 cm³/mol. The first kappa shape index (κ1) is 20.2. The third kappa shape index (κ3) is 5.02. The summed E-state index contributed by atoms with van der Waals surface area (Å²) in [6, 6.07) is 7.44. The molecule has 152 valence electrons. The van der Waals surface area contributed by atoms with E-state index in [2.05, 4.69) is 20.3 Å². The molecule has 28 heavy (non-hydrogen) atoms. The molecule has 1 aliphatic rings. The van der Waals surface area contributed by atoms with Crippen LogP contribution in [0.25, 0.3) is 0 Å². The van der Waals surface area contributed by atoms with E-state index in [4.69, 9.17) is 9.47 Å². The summed E-state index contributed by atoms with van der Waals surface area (Å²) in [5.74, 6) is 1.50. The maximum absolute atomic E-state index is 10.5. The molecule has 2 unspecified atom stereocenters. The van der Waals surface area contributed by atoms with E-state index in [-0.39, 0.29) is 12.6 Å². The largest absolute Gasteiger partial charge is 0.497 e. The molecule has 0 spiro atoms. The van der Waals surface area contributed by atoms with Crippen molar-refractivity contribution in [1.82, 2.24) is 20.0 Å². The maximum Gasteiger partial charge on any atom is 0.194 e. The minimum absolute atomic E-state index is 0.0467. The Morgan fingerprint density at radius 3 is 3.07 bits per heavy atom. The lowest BCUT2D eigenvalue weighted by Gasteiger charge is -2.35. The van der Waals surface area contributed by atoms with Gasteiger partial charge in [0.1, 0.15) is 11.9 Å². The average molecular weight is 387 g/mol. The van der Waals surface area contributed by atoms with Crippen LogP contribution in [0.5, 0.6) is 5.75 Å². The lowest BCUT2D eigenvalue weighted by molar-refractivity contribution is -0.00811. The summed E-state index contributed by atoms with van der Waals surface area (Å²) in [6.45, 7) is 5.10. The van der Waals surface area contributed by atoms with Crippen LogP contribution < -0.4 is 10.1 Å². The second kappa shape index (κ2) is 9.57. The van der Waals surface area contributed by atoms with Crippen LogP contribution in [0.1, 0.15) is 30.3 Å². The van der Waals surface area contributed by atoms with E-state index in [1.807, 2.05) is 50.6 Å². The van der Waals surface area contributed by atoms with E-state index >= 15 is 0 Å². The molecule has 2 heterocycles. The zero-order valence-electron chi connectivity index (χ0n) is 16.7. The second-order valence-electron chi connectivity index (χ2n) is 6.74. The van der Waals surface area contributed by atoms with Gasteiger partial charge in [-0.3, -0.25) is 9.67 Å². The molecule has 0 aliphatic carbocycles. The Morgan fingerprint density at radius 1 is 1.50 bits per heavy atom. The normalized spacial score (nSPS) is 18.8. The molecule has 2 N–H and O–H groups in total. The number of rotatable bonds is 6. The second-order valence-corrected chi connectivity index (χ2v) is 6.74. The molecular weight excluding hydrogens is 358 g/mol. The van der Waals surface area contributed by atoms with Gasteiger partial charge in [-0.1, -0.05) is 12.1 Å². The number of aliphatic imine (C=N–C) groups is 1. The van der Waals surface area contributed by atoms with E-state index in [1.54, 1.807) is 11.8 Å². The zero-order valence-corrected chi connectivity index (χ0v) is 16.7. The first-order valence-corrected chi connectivity index (χ1v) is 9.56. The smallest absolute Gasteiger partial charge is 0.194 e. The topological polar surface area (TPSA) is 84.1 Å². The van der Waals surface area contributed by atoms with Gasteiger partial charge in [0.15, 0.2) is 5.96 Å². The first-order valence-electron chi connectivity index (χ1n) is 9.56. The monoisotopic (exact) mass is 387 g/mol. The van der Waals surface area contributed by atoms with Gasteiger partial charge >= 0.3 is 0 Å². The fourth-order valence-electron chi connectivity index (χ4n) is 3.20. The van der Waals surface area contributed by atoms with Crippen molar-refractivity contribution < 1.29 is 14.6 Å². The third-order valence-corrected chi connectivity index (χ3v) is 4.69. The highest BCUT2D eigenvalue weighted by molar-refractivity contribution is 5.80. The average Bonchev–Trinajstić information content (AvgIpc) is 3.17. The van der Waals surface area contributed by atoms with Crippen molar-refractivity contribution in [2.75, 3.05) is 39.9 Å². The molecule has 1 aromatic carbocycles.